The van der Waals surface area contributed by atoms with Gasteiger partial charge in [0.2, 0.25) is 0 Å². The lowest BCUT2D eigenvalue weighted by Gasteiger charge is -2.16. The minimum absolute atomic E-state index is 0. The first kappa shape index (κ1) is 33.7. The zero-order valence-electron chi connectivity index (χ0n) is 16.6. The van der Waals surface area contributed by atoms with Crippen molar-refractivity contribution >= 4 is 168 Å². The van der Waals surface area contributed by atoms with E-state index in [1.54, 1.807) is 0 Å². The number of amides is 4. The van der Waals surface area contributed by atoms with Crippen LogP contribution < -0.4 is 22.1 Å². The molecule has 0 bridgehead atoms. The molecule has 0 radical (unpaired) electrons. The Morgan fingerprint density at radius 2 is 0.714 bits per heavy atom. The number of rotatable bonds is 7. The van der Waals surface area contributed by atoms with Crippen LogP contribution in [0.25, 0.3) is 0 Å². The van der Waals surface area contributed by atoms with Crippen molar-refractivity contribution in [1.29, 1.82) is 0 Å². The molecule has 4 amide bonds. The number of hydrogen-bond acceptors (Lipinski definition) is 4. The van der Waals surface area contributed by atoms with Gasteiger partial charge in [-0.25, -0.2) is 0 Å². The van der Waals surface area contributed by atoms with Gasteiger partial charge in [-0.15, -0.1) is 17.0 Å². The highest BCUT2D eigenvalue weighted by atomic mass is 79.9. The van der Waals surface area contributed by atoms with Gasteiger partial charge in [0.25, 0.3) is 23.6 Å². The molecule has 17 heteroatoms. The van der Waals surface area contributed by atoms with Crippen LogP contribution in [0.2, 0.25) is 0 Å². The fraction of sp³-hybridized carbons (Fsp3) is 0.111. The lowest BCUT2D eigenvalue weighted by molar-refractivity contribution is 0.0917. The van der Waals surface area contributed by atoms with Crippen LogP contribution in [-0.4, -0.2) is 36.7 Å². The van der Waals surface area contributed by atoms with Gasteiger partial charge in [0, 0.05) is 48.9 Å². The maximum atomic E-state index is 12.8. The molecular formula is C18H11Br9N4O4. The van der Waals surface area contributed by atoms with Crippen molar-refractivity contribution in [3.05, 3.63) is 58.0 Å². The van der Waals surface area contributed by atoms with E-state index in [0.29, 0.717) is 35.8 Å². The molecule has 0 aliphatic rings. The Balaban J connectivity index is 0.00000612. The predicted octanol–water partition coefficient (Wildman–Crippen LogP) is 6.72. The standard InChI is InChI=1S/C18H10Br8N4O4.BrH/c19-7-3(15(27)31)5(9(21)13(25)11(7)23)17(33)29-1-2-30-18(34)6-4(16(28)32)8(20)12(24)14(26)10(6)22;/h1-2H2,(H2,27,31)(H2,28,32)(H,29,33)(H,30,34);1H. The van der Waals surface area contributed by atoms with Crippen LogP contribution in [0.1, 0.15) is 41.4 Å². The zero-order chi connectivity index (χ0) is 26.1. The molecule has 2 aromatic rings. The van der Waals surface area contributed by atoms with E-state index in [0.717, 1.165) is 0 Å². The molecule has 8 nitrogen and oxygen atoms in total. The summed E-state index contributed by atoms with van der Waals surface area (Å²) in [5, 5.41) is 5.24. The first-order valence-corrected chi connectivity index (χ1v) is 15.0. The first-order valence-electron chi connectivity index (χ1n) is 8.61. The molecule has 0 aliphatic carbocycles. The first-order chi connectivity index (χ1) is 15.7. The molecule has 0 saturated carbocycles. The quantitative estimate of drug-likeness (QED) is 0.139. The van der Waals surface area contributed by atoms with E-state index < -0.39 is 23.6 Å². The molecule has 6 N–H and O–H groups in total. The van der Waals surface area contributed by atoms with Gasteiger partial charge in [-0.05, 0) is 127 Å². The van der Waals surface area contributed by atoms with E-state index in [-0.39, 0.29) is 52.3 Å². The number of hydrogen-bond donors (Lipinski definition) is 4. The molecular weight excluding hydrogens is 1060 g/mol. The van der Waals surface area contributed by atoms with E-state index in [4.69, 9.17) is 11.5 Å². The maximum absolute atomic E-state index is 12.8. The van der Waals surface area contributed by atoms with Gasteiger partial charge in [0.05, 0.1) is 22.3 Å². The van der Waals surface area contributed by atoms with Crippen molar-refractivity contribution in [2.75, 3.05) is 13.1 Å². The zero-order valence-corrected chi connectivity index (χ0v) is 31.0. The Morgan fingerprint density at radius 1 is 0.486 bits per heavy atom. The molecule has 2 rings (SSSR count). The average Bonchev–Trinajstić information content (AvgIpc) is 2.77. The van der Waals surface area contributed by atoms with E-state index in [2.05, 4.69) is 138 Å². The molecule has 0 aromatic heterocycles. The summed E-state index contributed by atoms with van der Waals surface area (Å²) >= 11 is 26.4. The summed E-state index contributed by atoms with van der Waals surface area (Å²) in [4.78, 5) is 49.6. The van der Waals surface area contributed by atoms with E-state index in [1.807, 2.05) is 0 Å². The summed E-state index contributed by atoms with van der Waals surface area (Å²) < 4.78 is 3.25. The van der Waals surface area contributed by atoms with Crippen molar-refractivity contribution in [3.8, 4) is 0 Å². The number of benzene rings is 2. The largest absolute Gasteiger partial charge is 0.366 e. The molecule has 0 heterocycles. The monoisotopic (exact) mass is 1060 g/mol. The highest BCUT2D eigenvalue weighted by Gasteiger charge is 2.28. The second-order valence-electron chi connectivity index (χ2n) is 6.25. The van der Waals surface area contributed by atoms with Gasteiger partial charge in [0.1, 0.15) is 0 Å². The molecule has 2 aromatic carbocycles. The lowest BCUT2D eigenvalue weighted by Crippen LogP contribution is -2.36. The third-order valence-corrected chi connectivity index (χ3v) is 13.7. The Bertz CT molecular complexity index is 1160. The molecule has 0 unspecified atom stereocenters. The highest BCUT2D eigenvalue weighted by Crippen LogP contribution is 2.43. The fourth-order valence-corrected chi connectivity index (χ4v) is 7.67. The molecule has 0 atom stereocenters. The number of primary amides is 2. The second kappa shape index (κ2) is 14.1. The lowest BCUT2D eigenvalue weighted by atomic mass is 10.1. The molecule has 0 aliphatic heterocycles. The van der Waals surface area contributed by atoms with Gasteiger partial charge in [-0.3, -0.25) is 19.2 Å². The highest BCUT2D eigenvalue weighted by molar-refractivity contribution is 9.15. The number of carbonyl (C=O) groups is 4. The van der Waals surface area contributed by atoms with Gasteiger partial charge in [-0.1, -0.05) is 0 Å². The summed E-state index contributed by atoms with van der Waals surface area (Å²) in [5.41, 5.74) is 10.9. The van der Waals surface area contributed by atoms with Gasteiger partial charge in [0.15, 0.2) is 0 Å². The number of halogens is 9. The van der Waals surface area contributed by atoms with E-state index >= 15 is 0 Å². The normalized spacial score (nSPS) is 10.4. The smallest absolute Gasteiger partial charge is 0.253 e. The van der Waals surface area contributed by atoms with E-state index in [1.165, 1.54) is 0 Å². The Kier molecular flexibility index (Phi) is 13.6. The third-order valence-electron chi connectivity index (χ3n) is 4.18. The number of carbonyl (C=O) groups excluding carboxylic acids is 4. The average molecular weight is 1070 g/mol. The molecule has 0 saturated heterocycles. The summed E-state index contributed by atoms with van der Waals surface area (Å²) in [6.07, 6.45) is 0. The molecule has 0 fully saturated rings. The summed E-state index contributed by atoms with van der Waals surface area (Å²) in [7, 11) is 0. The van der Waals surface area contributed by atoms with Crippen LogP contribution in [0.15, 0.2) is 35.8 Å². The molecule has 0 spiro atoms. The van der Waals surface area contributed by atoms with Crippen LogP contribution >= 0.6 is 144 Å². The van der Waals surface area contributed by atoms with Crippen LogP contribution in [0.5, 0.6) is 0 Å². The van der Waals surface area contributed by atoms with Crippen LogP contribution in [0, 0.1) is 0 Å². The predicted molar refractivity (Wildman–Crippen MR) is 167 cm³/mol. The fourth-order valence-electron chi connectivity index (χ4n) is 2.68. The second-order valence-corrected chi connectivity index (χ2v) is 12.6. The Labute approximate surface area is 277 Å². The summed E-state index contributed by atoms with van der Waals surface area (Å²) in [5.74, 6) is -2.82. The number of nitrogens with two attached hydrogens (primary N) is 2. The minimum atomic E-state index is -0.811. The SMILES string of the molecule is Br.NC(=O)c1c(Br)c(Br)c(Br)c(Br)c1C(=O)NCCNC(=O)c1c(Br)c(Br)c(Br)c(Br)c1C(N)=O. The van der Waals surface area contributed by atoms with Crippen LogP contribution in [0.3, 0.4) is 0 Å². The van der Waals surface area contributed by atoms with Gasteiger partial charge in [-0.2, -0.15) is 0 Å². The summed E-state index contributed by atoms with van der Waals surface area (Å²) in [6.45, 7) is 0.00577. The number of nitrogens with one attached hydrogen (secondary N) is 2. The van der Waals surface area contributed by atoms with Gasteiger partial charge >= 0.3 is 0 Å². The van der Waals surface area contributed by atoms with Crippen molar-refractivity contribution in [1.82, 2.24) is 10.6 Å². The topological polar surface area (TPSA) is 144 Å². The van der Waals surface area contributed by atoms with E-state index in [9.17, 15) is 19.2 Å². The Hall–Kier alpha value is 0.640. The maximum Gasteiger partial charge on any atom is 0.253 e. The minimum Gasteiger partial charge on any atom is -0.366 e. The van der Waals surface area contributed by atoms with Crippen molar-refractivity contribution in [3.63, 3.8) is 0 Å². The van der Waals surface area contributed by atoms with Gasteiger partial charge < -0.3 is 22.1 Å². The molecule has 190 valence electrons. The van der Waals surface area contributed by atoms with Crippen molar-refractivity contribution in [2.45, 2.75) is 0 Å². The summed E-state index contributed by atoms with van der Waals surface area (Å²) in [6, 6.07) is 0. The van der Waals surface area contributed by atoms with Crippen molar-refractivity contribution < 1.29 is 19.2 Å². The molecule has 35 heavy (non-hydrogen) atoms. The third kappa shape index (κ3) is 7.19. The van der Waals surface area contributed by atoms with Crippen LogP contribution in [-0.2, 0) is 0 Å². The van der Waals surface area contributed by atoms with Crippen LogP contribution in [0.4, 0.5) is 0 Å². The Morgan fingerprint density at radius 3 is 0.943 bits per heavy atom. The van der Waals surface area contributed by atoms with Crippen molar-refractivity contribution in [2.24, 2.45) is 11.5 Å².